The first kappa shape index (κ1) is 17.7. The van der Waals surface area contributed by atoms with E-state index in [0.29, 0.717) is 5.82 Å². The Bertz CT molecular complexity index is 807. The molecule has 0 fully saturated rings. The van der Waals surface area contributed by atoms with E-state index in [-0.39, 0.29) is 5.69 Å². The Kier molecular flexibility index (Phi) is 5.40. The molecule has 0 radical (unpaired) electrons. The van der Waals surface area contributed by atoms with Gasteiger partial charge in [0.25, 0.3) is 0 Å². The van der Waals surface area contributed by atoms with Crippen molar-refractivity contribution in [2.75, 3.05) is 24.1 Å². The third kappa shape index (κ3) is 4.23. The molecule has 2 rings (SSSR count). The van der Waals surface area contributed by atoms with Crippen molar-refractivity contribution in [1.82, 2.24) is 9.88 Å². The number of benzene rings is 1. The zero-order chi connectivity index (χ0) is 17.7. The lowest BCUT2D eigenvalue weighted by atomic mass is 10.3. The first-order valence-electron chi connectivity index (χ1n) is 7.31. The normalized spacial score (nSPS) is 12.3. The molecule has 7 nitrogen and oxygen atoms in total. The van der Waals surface area contributed by atoms with E-state index in [4.69, 9.17) is 0 Å². The summed E-state index contributed by atoms with van der Waals surface area (Å²) in [6.07, 6.45) is 1.55. The van der Waals surface area contributed by atoms with Crippen molar-refractivity contribution in [1.29, 1.82) is 0 Å². The van der Waals surface area contributed by atoms with Crippen LogP contribution in [0.3, 0.4) is 0 Å². The van der Waals surface area contributed by atoms with Gasteiger partial charge in [-0.2, -0.15) is 0 Å². The van der Waals surface area contributed by atoms with Crippen LogP contribution in [0.2, 0.25) is 0 Å². The monoisotopic (exact) mass is 348 g/mol. The van der Waals surface area contributed by atoms with Crippen LogP contribution in [-0.2, 0) is 14.8 Å². The topological polar surface area (TPSA) is 91.4 Å². The number of amides is 1. The number of nitrogens with one attached hydrogen (secondary N) is 2. The molecule has 0 saturated heterocycles. The number of aromatic nitrogens is 1. The molecular formula is C16H20N4O3S. The van der Waals surface area contributed by atoms with Crippen molar-refractivity contribution in [2.45, 2.75) is 12.2 Å². The molecule has 0 aliphatic rings. The standard InChI is InChI=1S/C16H20N4O3S/c1-12(16(21)20(2)3)24(22,23)19-14-10-7-11-17-15(14)18-13-8-5-4-6-9-13/h4-12,19H,1-3H3,(H,17,18). The van der Waals surface area contributed by atoms with Crippen LogP contribution < -0.4 is 10.0 Å². The number of carbonyl (C=O) groups is 1. The van der Waals surface area contributed by atoms with Crippen LogP contribution in [0.4, 0.5) is 17.2 Å². The lowest BCUT2D eigenvalue weighted by Crippen LogP contribution is -2.39. The van der Waals surface area contributed by atoms with Crippen LogP contribution >= 0.6 is 0 Å². The molecule has 24 heavy (non-hydrogen) atoms. The summed E-state index contributed by atoms with van der Waals surface area (Å²) in [6.45, 7) is 1.35. The van der Waals surface area contributed by atoms with Gasteiger partial charge >= 0.3 is 0 Å². The lowest BCUT2D eigenvalue weighted by Gasteiger charge is -2.19. The number of hydrogen-bond donors (Lipinski definition) is 2. The second kappa shape index (κ2) is 7.31. The fourth-order valence-electron chi connectivity index (χ4n) is 1.98. The number of sulfonamides is 1. The highest BCUT2D eigenvalue weighted by Crippen LogP contribution is 2.24. The highest BCUT2D eigenvalue weighted by Gasteiger charge is 2.29. The number of rotatable bonds is 6. The number of carbonyl (C=O) groups excluding carboxylic acids is 1. The second-order valence-electron chi connectivity index (χ2n) is 5.41. The summed E-state index contributed by atoms with van der Waals surface area (Å²) in [5, 5.41) is 1.84. The molecule has 2 aromatic rings. The molecule has 1 heterocycles. The van der Waals surface area contributed by atoms with Gasteiger partial charge in [0.05, 0.1) is 5.69 Å². The first-order valence-corrected chi connectivity index (χ1v) is 8.86. The maximum atomic E-state index is 12.4. The summed E-state index contributed by atoms with van der Waals surface area (Å²) in [7, 11) is -0.864. The van der Waals surface area contributed by atoms with Crippen molar-refractivity contribution in [3.05, 3.63) is 48.7 Å². The van der Waals surface area contributed by atoms with E-state index in [1.165, 1.54) is 25.9 Å². The van der Waals surface area contributed by atoms with Gasteiger partial charge in [0.2, 0.25) is 15.9 Å². The average Bonchev–Trinajstić information content (AvgIpc) is 2.56. The molecule has 1 aromatic carbocycles. The molecule has 1 aromatic heterocycles. The van der Waals surface area contributed by atoms with E-state index < -0.39 is 21.2 Å². The Morgan fingerprint density at radius 1 is 1.12 bits per heavy atom. The van der Waals surface area contributed by atoms with Gasteiger partial charge in [-0.3, -0.25) is 9.52 Å². The Morgan fingerprint density at radius 2 is 1.79 bits per heavy atom. The molecule has 0 spiro atoms. The quantitative estimate of drug-likeness (QED) is 0.833. The molecule has 128 valence electrons. The number of pyridine rings is 1. The predicted octanol–water partition coefficient (Wildman–Crippen LogP) is 2.04. The van der Waals surface area contributed by atoms with Gasteiger partial charge in [-0.15, -0.1) is 0 Å². The van der Waals surface area contributed by atoms with Gasteiger partial charge in [-0.1, -0.05) is 18.2 Å². The Balaban J connectivity index is 2.25. The molecule has 2 N–H and O–H groups in total. The van der Waals surface area contributed by atoms with Crippen molar-refractivity contribution >= 4 is 33.1 Å². The van der Waals surface area contributed by atoms with Crippen LogP contribution in [0.25, 0.3) is 0 Å². The summed E-state index contributed by atoms with van der Waals surface area (Å²) in [5.74, 6) is -0.138. The lowest BCUT2D eigenvalue weighted by molar-refractivity contribution is -0.127. The average molecular weight is 348 g/mol. The zero-order valence-electron chi connectivity index (χ0n) is 13.7. The molecule has 1 amide bonds. The van der Waals surface area contributed by atoms with Crippen molar-refractivity contribution in [2.24, 2.45) is 0 Å². The molecule has 8 heteroatoms. The number of hydrogen-bond acceptors (Lipinski definition) is 5. The molecule has 1 atom stereocenters. The molecule has 0 aliphatic heterocycles. The highest BCUT2D eigenvalue weighted by molar-refractivity contribution is 7.94. The molecule has 0 bridgehead atoms. The Labute approximate surface area is 141 Å². The van der Waals surface area contributed by atoms with E-state index in [2.05, 4.69) is 15.0 Å². The fraction of sp³-hybridized carbons (Fsp3) is 0.250. The number of anilines is 3. The van der Waals surface area contributed by atoms with Crippen molar-refractivity contribution in [3.63, 3.8) is 0 Å². The van der Waals surface area contributed by atoms with Gasteiger partial charge in [0.15, 0.2) is 11.1 Å². The number of para-hydroxylation sites is 1. The van der Waals surface area contributed by atoms with Gasteiger partial charge in [0, 0.05) is 26.0 Å². The van der Waals surface area contributed by atoms with Crippen LogP contribution in [0.1, 0.15) is 6.92 Å². The summed E-state index contributed by atoms with van der Waals surface area (Å²) >= 11 is 0. The zero-order valence-corrected chi connectivity index (χ0v) is 14.5. The van der Waals surface area contributed by atoms with E-state index in [1.54, 1.807) is 18.3 Å². The minimum atomic E-state index is -3.89. The molecular weight excluding hydrogens is 328 g/mol. The van der Waals surface area contributed by atoms with Crippen LogP contribution in [0.5, 0.6) is 0 Å². The largest absolute Gasteiger partial charge is 0.348 e. The van der Waals surface area contributed by atoms with Crippen LogP contribution in [-0.4, -0.2) is 43.6 Å². The number of nitrogens with zero attached hydrogens (tertiary/aromatic N) is 2. The van der Waals surface area contributed by atoms with Crippen molar-refractivity contribution < 1.29 is 13.2 Å². The third-order valence-corrected chi connectivity index (χ3v) is 4.99. The summed E-state index contributed by atoms with van der Waals surface area (Å²) in [6, 6.07) is 12.5. The molecule has 1 unspecified atom stereocenters. The SMILES string of the molecule is CC(C(=O)N(C)C)S(=O)(=O)Nc1cccnc1Nc1ccccc1. The minimum Gasteiger partial charge on any atom is -0.348 e. The van der Waals surface area contributed by atoms with E-state index in [0.717, 1.165) is 5.69 Å². The fourth-order valence-corrected chi connectivity index (χ4v) is 3.11. The second-order valence-corrected chi connectivity index (χ2v) is 7.41. The van der Waals surface area contributed by atoms with Gasteiger partial charge in [0.1, 0.15) is 0 Å². The van der Waals surface area contributed by atoms with E-state index >= 15 is 0 Å². The Hall–Kier alpha value is -2.61. The maximum Gasteiger partial charge on any atom is 0.244 e. The smallest absolute Gasteiger partial charge is 0.244 e. The van der Waals surface area contributed by atoms with Crippen molar-refractivity contribution in [3.8, 4) is 0 Å². The van der Waals surface area contributed by atoms with E-state index in [1.807, 2.05) is 30.3 Å². The third-order valence-electron chi connectivity index (χ3n) is 3.35. The maximum absolute atomic E-state index is 12.4. The minimum absolute atomic E-state index is 0.278. The van der Waals surface area contributed by atoms with Gasteiger partial charge < -0.3 is 10.2 Å². The Morgan fingerprint density at radius 3 is 2.42 bits per heavy atom. The van der Waals surface area contributed by atoms with E-state index in [9.17, 15) is 13.2 Å². The predicted molar refractivity (Wildman–Crippen MR) is 94.7 cm³/mol. The summed E-state index contributed by atoms with van der Waals surface area (Å²) in [5.41, 5.74) is 1.05. The molecule has 0 saturated carbocycles. The van der Waals surface area contributed by atoms with Gasteiger partial charge in [-0.05, 0) is 31.2 Å². The summed E-state index contributed by atoms with van der Waals surface area (Å²) < 4.78 is 27.3. The summed E-state index contributed by atoms with van der Waals surface area (Å²) in [4.78, 5) is 17.3. The highest BCUT2D eigenvalue weighted by atomic mass is 32.2. The first-order chi connectivity index (χ1) is 11.3. The van der Waals surface area contributed by atoms with Gasteiger partial charge in [-0.25, -0.2) is 13.4 Å². The van der Waals surface area contributed by atoms with Crippen LogP contribution in [0, 0.1) is 0 Å². The molecule has 0 aliphatic carbocycles. The van der Waals surface area contributed by atoms with Crippen LogP contribution in [0.15, 0.2) is 48.7 Å².